The number of para-hydroxylation sites is 1. The number of hydrogen-bond donors (Lipinski definition) is 0. The van der Waals surface area contributed by atoms with Crippen LogP contribution in [0.5, 0.6) is 0 Å². The van der Waals surface area contributed by atoms with E-state index in [1.807, 2.05) is 6.07 Å². The summed E-state index contributed by atoms with van der Waals surface area (Å²) in [5, 5.41) is 4.84. The summed E-state index contributed by atoms with van der Waals surface area (Å²) < 4.78 is 6.28. The van der Waals surface area contributed by atoms with Gasteiger partial charge in [0.15, 0.2) is 0 Å². The molecule has 13 rings (SSSR count). The van der Waals surface area contributed by atoms with Gasteiger partial charge >= 0.3 is 0 Å². The van der Waals surface area contributed by atoms with Gasteiger partial charge in [-0.1, -0.05) is 109 Å². The number of furan rings is 1. The average Bonchev–Trinajstić information content (AvgIpc) is 3.71. The second-order valence-electron chi connectivity index (χ2n) is 16.1. The summed E-state index contributed by atoms with van der Waals surface area (Å²) in [5.74, 6) is 3.31. The molecule has 8 aromatic rings. The molecule has 5 aliphatic carbocycles. The molecule has 0 amide bonds. The van der Waals surface area contributed by atoms with E-state index < -0.39 is 0 Å². The lowest BCUT2D eigenvalue weighted by atomic mass is 9.43. The smallest absolute Gasteiger partial charge is 0.136 e. The minimum Gasteiger partial charge on any atom is -0.456 e. The molecule has 4 fully saturated rings. The van der Waals surface area contributed by atoms with E-state index >= 15 is 0 Å². The van der Waals surface area contributed by atoms with E-state index in [9.17, 15) is 0 Å². The van der Waals surface area contributed by atoms with Crippen molar-refractivity contribution >= 4 is 49.8 Å². The molecule has 1 heterocycles. The normalized spacial score (nSPS) is 23.8. The van der Waals surface area contributed by atoms with Crippen LogP contribution in [0.2, 0.25) is 0 Å². The molecule has 4 bridgehead atoms. The van der Waals surface area contributed by atoms with E-state index in [2.05, 4.69) is 150 Å². The van der Waals surface area contributed by atoms with Crippen molar-refractivity contribution in [3.05, 3.63) is 163 Å². The highest BCUT2D eigenvalue weighted by Gasteiger charge is 2.61. The largest absolute Gasteiger partial charge is 0.456 e. The lowest BCUT2D eigenvalue weighted by molar-refractivity contribution is -0.0399. The molecule has 7 aromatic carbocycles. The summed E-state index contributed by atoms with van der Waals surface area (Å²) in [4.78, 5) is 2.55. The fraction of sp³-hybridized carbons (Fsp3) is 0.200. The minimum absolute atomic E-state index is 0.124. The van der Waals surface area contributed by atoms with Gasteiger partial charge in [-0.15, -0.1) is 0 Å². The van der Waals surface area contributed by atoms with Crippen molar-refractivity contribution in [2.24, 2.45) is 23.7 Å². The van der Waals surface area contributed by atoms with Crippen LogP contribution in [0.4, 0.5) is 17.1 Å². The molecule has 0 aliphatic heterocycles. The van der Waals surface area contributed by atoms with Gasteiger partial charge in [0.2, 0.25) is 0 Å². The third kappa shape index (κ3) is 3.90. The van der Waals surface area contributed by atoms with Crippen LogP contribution in [0.25, 0.3) is 55.0 Å². The molecule has 4 saturated carbocycles. The van der Waals surface area contributed by atoms with Crippen molar-refractivity contribution in [3.63, 3.8) is 0 Å². The maximum Gasteiger partial charge on any atom is 0.136 e. The Balaban J connectivity index is 1.05. The van der Waals surface area contributed by atoms with Crippen LogP contribution < -0.4 is 4.90 Å². The molecule has 1 spiro atoms. The van der Waals surface area contributed by atoms with Gasteiger partial charge < -0.3 is 9.32 Å². The standard InChI is InChI=1S/C50H39NO/c1-2-11-39-34(9-1)10-7-16-45(39)51(38-22-19-33(20-23-38)35-21-24-41-40-12-4-6-18-47(40)52-48(41)30-35)46-17-8-15-44-49(46)42-13-3-5-14-43(42)50(44)36-26-31-25-32(28-36)29-37(50)27-31/h1-24,30-32,36-37H,25-29H2. The van der Waals surface area contributed by atoms with Crippen LogP contribution >= 0.6 is 0 Å². The van der Waals surface area contributed by atoms with Gasteiger partial charge in [0.25, 0.3) is 0 Å². The Labute approximate surface area is 304 Å². The van der Waals surface area contributed by atoms with Gasteiger partial charge in [0, 0.05) is 32.8 Å². The zero-order valence-electron chi connectivity index (χ0n) is 29.1. The molecule has 0 radical (unpaired) electrons. The van der Waals surface area contributed by atoms with Crippen molar-refractivity contribution in [2.75, 3.05) is 4.90 Å². The second-order valence-corrected chi connectivity index (χ2v) is 16.1. The first kappa shape index (κ1) is 29.0. The Morgan fingerprint density at radius 1 is 0.481 bits per heavy atom. The number of fused-ring (bicyclic) bond motifs is 7. The SMILES string of the molecule is c1ccc2c(c1)-c1c(N(c3ccc(-c4ccc5c(c4)oc4ccccc45)cc3)c3cccc4ccccc34)cccc1C21C2CC3CC(C2)CC1C3. The number of nitrogens with zero attached hydrogens (tertiary/aromatic N) is 1. The molecule has 0 N–H and O–H groups in total. The quantitative estimate of drug-likeness (QED) is 0.185. The van der Waals surface area contributed by atoms with Crippen molar-refractivity contribution in [3.8, 4) is 22.3 Å². The summed E-state index contributed by atoms with van der Waals surface area (Å²) >= 11 is 0. The summed E-state index contributed by atoms with van der Waals surface area (Å²) in [7, 11) is 0. The second kappa shape index (κ2) is 10.7. The molecule has 2 heteroatoms. The van der Waals surface area contributed by atoms with Crippen molar-refractivity contribution in [2.45, 2.75) is 37.5 Å². The highest BCUT2D eigenvalue weighted by atomic mass is 16.3. The summed E-state index contributed by atoms with van der Waals surface area (Å²) in [5.41, 5.74) is 14.1. The van der Waals surface area contributed by atoms with Gasteiger partial charge in [0.05, 0.1) is 11.4 Å². The van der Waals surface area contributed by atoms with E-state index in [0.29, 0.717) is 0 Å². The van der Waals surface area contributed by atoms with E-state index in [1.54, 1.807) is 11.1 Å². The molecule has 0 unspecified atom stereocenters. The Kier molecular flexibility index (Phi) is 5.98. The first-order valence-corrected chi connectivity index (χ1v) is 19.3. The fourth-order valence-corrected chi connectivity index (χ4v) is 11.9. The predicted octanol–water partition coefficient (Wildman–Crippen LogP) is 13.6. The molecule has 1 aromatic heterocycles. The first-order chi connectivity index (χ1) is 25.7. The topological polar surface area (TPSA) is 16.4 Å². The molecule has 0 saturated heterocycles. The van der Waals surface area contributed by atoms with Crippen LogP contribution in [0.15, 0.2) is 156 Å². The maximum atomic E-state index is 6.28. The molecule has 2 nitrogen and oxygen atoms in total. The van der Waals surface area contributed by atoms with Gasteiger partial charge in [-0.2, -0.15) is 0 Å². The minimum atomic E-state index is 0.124. The number of anilines is 3. The lowest BCUT2D eigenvalue weighted by Gasteiger charge is -2.61. The Bertz CT molecular complexity index is 2680. The number of rotatable bonds is 4. The molecule has 250 valence electrons. The molecule has 0 atom stereocenters. The molecule has 5 aliphatic rings. The monoisotopic (exact) mass is 669 g/mol. The average molecular weight is 670 g/mol. The Hall–Kier alpha value is -5.60. The van der Waals surface area contributed by atoms with Crippen LogP contribution in [0, 0.1) is 23.7 Å². The van der Waals surface area contributed by atoms with E-state index in [0.717, 1.165) is 51.2 Å². The van der Waals surface area contributed by atoms with Gasteiger partial charge in [-0.3, -0.25) is 0 Å². The predicted molar refractivity (Wildman–Crippen MR) is 215 cm³/mol. The van der Waals surface area contributed by atoms with Gasteiger partial charge in [-0.05, 0) is 131 Å². The van der Waals surface area contributed by atoms with Crippen LogP contribution in [0.1, 0.15) is 43.2 Å². The summed E-state index contributed by atoms with van der Waals surface area (Å²) in [6.07, 6.45) is 7.02. The zero-order chi connectivity index (χ0) is 34.0. The Morgan fingerprint density at radius 2 is 1.12 bits per heavy atom. The zero-order valence-corrected chi connectivity index (χ0v) is 29.1. The van der Waals surface area contributed by atoms with E-state index in [4.69, 9.17) is 4.42 Å². The van der Waals surface area contributed by atoms with Crippen molar-refractivity contribution < 1.29 is 4.42 Å². The van der Waals surface area contributed by atoms with Crippen LogP contribution in [0.3, 0.4) is 0 Å². The van der Waals surface area contributed by atoms with Crippen LogP contribution in [-0.2, 0) is 5.41 Å². The fourth-order valence-electron chi connectivity index (χ4n) is 11.9. The highest BCUT2D eigenvalue weighted by molar-refractivity contribution is 6.06. The Morgan fingerprint density at radius 3 is 1.96 bits per heavy atom. The number of benzene rings is 7. The lowest BCUT2D eigenvalue weighted by Crippen LogP contribution is -2.55. The molecular formula is C50H39NO. The van der Waals surface area contributed by atoms with Gasteiger partial charge in [-0.25, -0.2) is 0 Å². The summed E-state index contributed by atoms with van der Waals surface area (Å²) in [6, 6.07) is 56.5. The van der Waals surface area contributed by atoms with Gasteiger partial charge in [0.1, 0.15) is 11.2 Å². The van der Waals surface area contributed by atoms with E-state index in [1.165, 1.54) is 76.6 Å². The van der Waals surface area contributed by atoms with Crippen molar-refractivity contribution in [1.82, 2.24) is 0 Å². The third-order valence-corrected chi connectivity index (χ3v) is 13.6. The first-order valence-electron chi connectivity index (χ1n) is 19.3. The van der Waals surface area contributed by atoms with Crippen molar-refractivity contribution in [1.29, 1.82) is 0 Å². The molecule has 52 heavy (non-hydrogen) atoms. The maximum absolute atomic E-state index is 6.28. The van der Waals surface area contributed by atoms with Crippen LogP contribution in [-0.4, -0.2) is 0 Å². The third-order valence-electron chi connectivity index (χ3n) is 13.6. The number of hydrogen-bond acceptors (Lipinski definition) is 2. The highest BCUT2D eigenvalue weighted by Crippen LogP contribution is 2.70. The summed E-state index contributed by atoms with van der Waals surface area (Å²) in [6.45, 7) is 0. The van der Waals surface area contributed by atoms with E-state index in [-0.39, 0.29) is 5.41 Å². The molecular weight excluding hydrogens is 631 g/mol.